The van der Waals surface area contributed by atoms with E-state index in [1.165, 1.54) is 5.56 Å². The largest absolute Gasteiger partial charge is 0.0973 e. The van der Waals surface area contributed by atoms with E-state index in [9.17, 15) is 0 Å². The topological polar surface area (TPSA) is 0 Å². The molecule has 0 bridgehead atoms. The molecule has 1 aromatic rings. The molecular weight excluding hydrogens is 107 g/mol. The third kappa shape index (κ3) is 3.83. The second-order valence-electron chi connectivity index (χ2n) is 1.65. The minimum atomic E-state index is 1.32. The lowest BCUT2D eigenvalue weighted by molar-refractivity contribution is 1.48. The molecule has 48 valence electrons. The molecule has 0 amide bonds. The highest BCUT2D eigenvalue weighted by Crippen LogP contribution is 1.92. The zero-order valence-corrected chi connectivity index (χ0v) is 6.39. The summed E-state index contributed by atoms with van der Waals surface area (Å²) in [5.74, 6) is 0. The fraction of sp³-hybridized carbons (Fsp3) is 0.250. The molecular formula is C8H13B. The first kappa shape index (κ1) is 8.28. The number of aryl methyl sites for hydroxylation is 1. The van der Waals surface area contributed by atoms with Crippen molar-refractivity contribution < 1.29 is 0 Å². The van der Waals surface area contributed by atoms with Gasteiger partial charge in [0.25, 0.3) is 0 Å². The van der Waals surface area contributed by atoms with Crippen LogP contribution in [0.25, 0.3) is 0 Å². The Balaban J connectivity index is 0.000000291. The smallest absolute Gasteiger partial charge is 0.0927 e. The van der Waals surface area contributed by atoms with Crippen molar-refractivity contribution in [2.75, 3.05) is 0 Å². The van der Waals surface area contributed by atoms with Gasteiger partial charge in [-0.2, -0.15) is 0 Å². The van der Waals surface area contributed by atoms with E-state index in [0.717, 1.165) is 0 Å². The van der Waals surface area contributed by atoms with Gasteiger partial charge in [-0.25, -0.2) is 0 Å². The van der Waals surface area contributed by atoms with Gasteiger partial charge in [-0.05, 0) is 6.92 Å². The summed E-state index contributed by atoms with van der Waals surface area (Å²) in [5.41, 5.74) is 1.32. The normalized spacial score (nSPS) is 7.33. The van der Waals surface area contributed by atoms with Gasteiger partial charge in [0.05, 0.1) is 7.85 Å². The van der Waals surface area contributed by atoms with E-state index in [-0.39, 0.29) is 0 Å². The highest BCUT2D eigenvalue weighted by Gasteiger charge is 1.72. The second kappa shape index (κ2) is 5.42. The molecule has 0 saturated heterocycles. The summed E-state index contributed by atoms with van der Waals surface area (Å²) in [6, 6.07) is 10.3. The zero-order valence-electron chi connectivity index (χ0n) is 6.39. The van der Waals surface area contributed by atoms with E-state index < -0.39 is 0 Å². The maximum atomic E-state index is 2.08. The van der Waals surface area contributed by atoms with E-state index in [1.54, 1.807) is 0 Å². The van der Waals surface area contributed by atoms with Crippen molar-refractivity contribution in [2.24, 2.45) is 0 Å². The summed E-state index contributed by atoms with van der Waals surface area (Å²) < 4.78 is 0. The Morgan fingerprint density at radius 3 is 1.67 bits per heavy atom. The van der Waals surface area contributed by atoms with Gasteiger partial charge in [-0.15, -0.1) is 0 Å². The van der Waals surface area contributed by atoms with Crippen LogP contribution in [-0.2, 0) is 0 Å². The van der Waals surface area contributed by atoms with Gasteiger partial charge in [-0.1, -0.05) is 42.7 Å². The molecule has 0 aliphatic heterocycles. The van der Waals surface area contributed by atoms with E-state index in [2.05, 4.69) is 19.1 Å². The number of benzene rings is 1. The highest BCUT2D eigenvalue weighted by molar-refractivity contribution is 6.05. The first-order chi connectivity index (χ1) is 4.39. The average Bonchev–Trinajstić information content (AvgIpc) is 1.94. The molecule has 0 saturated carbocycles. The molecule has 1 aromatic carbocycles. The van der Waals surface area contributed by atoms with Crippen molar-refractivity contribution in [1.82, 2.24) is 0 Å². The summed E-state index contributed by atoms with van der Waals surface area (Å²) in [6.07, 6.45) is 0. The maximum absolute atomic E-state index is 2.08. The fourth-order valence-corrected chi connectivity index (χ4v) is 0.534. The Labute approximate surface area is 58.3 Å². The standard InChI is InChI=1S/C7H8.CH5B/c1-7-5-3-2-4-6-7;1-2/h2-6H,1H3;2H2,1H3. The average molecular weight is 120 g/mol. The van der Waals surface area contributed by atoms with Crippen molar-refractivity contribution in [1.29, 1.82) is 0 Å². The lowest BCUT2D eigenvalue weighted by Gasteiger charge is -1.82. The molecule has 9 heavy (non-hydrogen) atoms. The van der Waals surface area contributed by atoms with Crippen molar-refractivity contribution >= 4 is 7.85 Å². The molecule has 0 heterocycles. The van der Waals surface area contributed by atoms with Gasteiger partial charge in [0.15, 0.2) is 0 Å². The number of rotatable bonds is 0. The number of hydrogen-bond acceptors (Lipinski definition) is 0. The predicted octanol–water partition coefficient (Wildman–Crippen LogP) is 1.66. The molecule has 0 radical (unpaired) electrons. The van der Waals surface area contributed by atoms with E-state index in [0.29, 0.717) is 0 Å². The van der Waals surface area contributed by atoms with Crippen LogP contribution in [0.5, 0.6) is 0 Å². The lowest BCUT2D eigenvalue weighted by Crippen LogP contribution is -1.62. The molecule has 1 rings (SSSR count). The summed E-state index contributed by atoms with van der Waals surface area (Å²) in [5, 5.41) is 0. The van der Waals surface area contributed by atoms with Gasteiger partial charge in [-0.3, -0.25) is 0 Å². The van der Waals surface area contributed by atoms with Gasteiger partial charge in [0.2, 0.25) is 0 Å². The van der Waals surface area contributed by atoms with Crippen LogP contribution < -0.4 is 0 Å². The van der Waals surface area contributed by atoms with Gasteiger partial charge < -0.3 is 0 Å². The summed E-state index contributed by atoms with van der Waals surface area (Å²) in [7, 11) is 2.00. The van der Waals surface area contributed by atoms with Crippen LogP contribution in [0.3, 0.4) is 0 Å². The molecule has 0 fully saturated rings. The first-order valence-electron chi connectivity index (χ1n) is 3.41. The molecule has 0 spiro atoms. The minimum absolute atomic E-state index is 1.32. The van der Waals surface area contributed by atoms with Crippen LogP contribution in [-0.4, -0.2) is 7.85 Å². The van der Waals surface area contributed by atoms with Crippen LogP contribution in [0.2, 0.25) is 6.82 Å². The van der Waals surface area contributed by atoms with Crippen LogP contribution in [0.1, 0.15) is 5.56 Å². The Bertz CT molecular complexity index is 134. The molecule has 0 atom stereocenters. The minimum Gasteiger partial charge on any atom is -0.0927 e. The first-order valence-corrected chi connectivity index (χ1v) is 3.41. The maximum Gasteiger partial charge on any atom is 0.0973 e. The molecule has 0 nitrogen and oxygen atoms in total. The summed E-state index contributed by atoms with van der Waals surface area (Å²) in [6.45, 7) is 4.08. The third-order valence-electron chi connectivity index (χ3n) is 0.940. The van der Waals surface area contributed by atoms with Gasteiger partial charge in [0, 0.05) is 0 Å². The van der Waals surface area contributed by atoms with Crippen molar-refractivity contribution in [3.8, 4) is 0 Å². The summed E-state index contributed by atoms with van der Waals surface area (Å²) >= 11 is 0. The monoisotopic (exact) mass is 120 g/mol. The Kier molecular flexibility index (Phi) is 4.99. The van der Waals surface area contributed by atoms with Crippen LogP contribution >= 0.6 is 0 Å². The van der Waals surface area contributed by atoms with Crippen molar-refractivity contribution in [3.05, 3.63) is 35.9 Å². The SMILES string of the molecule is BC.Cc1ccccc1. The Hall–Kier alpha value is -0.715. The van der Waals surface area contributed by atoms with E-state index >= 15 is 0 Å². The molecule has 0 aromatic heterocycles. The molecule has 0 unspecified atom stereocenters. The molecule has 0 aliphatic rings. The quantitative estimate of drug-likeness (QED) is 0.456. The van der Waals surface area contributed by atoms with Gasteiger partial charge >= 0.3 is 0 Å². The molecule has 1 heteroatoms. The molecule has 0 aliphatic carbocycles. The van der Waals surface area contributed by atoms with Crippen molar-refractivity contribution in [2.45, 2.75) is 13.7 Å². The zero-order chi connectivity index (χ0) is 7.11. The van der Waals surface area contributed by atoms with Crippen LogP contribution in [0, 0.1) is 6.92 Å². The fourth-order valence-electron chi connectivity index (χ4n) is 0.534. The Morgan fingerprint density at radius 2 is 1.44 bits per heavy atom. The van der Waals surface area contributed by atoms with Gasteiger partial charge in [0.1, 0.15) is 0 Å². The van der Waals surface area contributed by atoms with Crippen molar-refractivity contribution in [3.63, 3.8) is 0 Å². The lowest BCUT2D eigenvalue weighted by atomic mass is 10.2. The highest BCUT2D eigenvalue weighted by atomic mass is 13.8. The van der Waals surface area contributed by atoms with Crippen LogP contribution in [0.15, 0.2) is 30.3 Å². The second-order valence-corrected chi connectivity index (χ2v) is 1.65. The van der Waals surface area contributed by atoms with E-state index in [4.69, 9.17) is 0 Å². The predicted molar refractivity (Wildman–Crippen MR) is 45.6 cm³/mol. The Morgan fingerprint density at radius 1 is 1.00 bits per heavy atom. The number of hydrogen-bond donors (Lipinski definition) is 0. The molecule has 0 N–H and O–H groups in total. The van der Waals surface area contributed by atoms with E-state index in [1.807, 2.05) is 32.9 Å². The summed E-state index contributed by atoms with van der Waals surface area (Å²) in [4.78, 5) is 0. The van der Waals surface area contributed by atoms with Crippen LogP contribution in [0.4, 0.5) is 0 Å². The third-order valence-corrected chi connectivity index (χ3v) is 0.940.